The summed E-state index contributed by atoms with van der Waals surface area (Å²) in [5.41, 5.74) is 3.89. The second-order valence-electron chi connectivity index (χ2n) is 14.8. The van der Waals surface area contributed by atoms with E-state index in [1.807, 2.05) is 127 Å². The first kappa shape index (κ1) is 41.9. The minimum absolute atomic E-state index is 0.0578. The number of esters is 1. The molecule has 5 aromatic rings. The van der Waals surface area contributed by atoms with E-state index in [0.717, 1.165) is 22.3 Å². The largest absolute Gasteiger partial charge is 0.450 e. The fourth-order valence-electron chi connectivity index (χ4n) is 7.65. The molecule has 3 saturated heterocycles. The number of hydrogen-bond donors (Lipinski definition) is 1. The maximum atomic E-state index is 14.1. The van der Waals surface area contributed by atoms with Crippen LogP contribution in [0.2, 0.25) is 0 Å². The lowest BCUT2D eigenvalue weighted by Crippen LogP contribution is -2.67. The summed E-state index contributed by atoms with van der Waals surface area (Å²) < 4.78 is 64.4. The molecule has 60 heavy (non-hydrogen) atoms. The van der Waals surface area contributed by atoms with Crippen molar-refractivity contribution >= 4 is 5.97 Å². The summed E-state index contributed by atoms with van der Waals surface area (Å²) in [5.74, 6) is -0.627. The van der Waals surface area contributed by atoms with Gasteiger partial charge in [0.05, 0.1) is 38.6 Å². The van der Waals surface area contributed by atoms with Gasteiger partial charge in [0.2, 0.25) is 0 Å². The first-order valence-corrected chi connectivity index (χ1v) is 20.2. The van der Waals surface area contributed by atoms with E-state index in [2.05, 4.69) is 0 Å². The predicted molar refractivity (Wildman–Crippen MR) is 217 cm³/mol. The maximum absolute atomic E-state index is 14.1. The molecular weight excluding hydrogens is 769 g/mol. The molecule has 3 aliphatic rings. The Hall–Kier alpha value is -4.83. The van der Waals surface area contributed by atoms with Crippen LogP contribution in [0.4, 0.5) is 0 Å². The van der Waals surface area contributed by atoms with Crippen molar-refractivity contribution in [1.29, 1.82) is 0 Å². The summed E-state index contributed by atoms with van der Waals surface area (Å²) in [4.78, 5) is 14.1. The molecule has 0 aliphatic carbocycles. The molecule has 8 rings (SSSR count). The third-order valence-corrected chi connectivity index (χ3v) is 10.7. The van der Waals surface area contributed by atoms with Crippen LogP contribution in [0.3, 0.4) is 0 Å². The Morgan fingerprint density at radius 3 is 1.77 bits per heavy atom. The fraction of sp³-hybridized carbons (Fsp3) is 0.354. The Morgan fingerprint density at radius 1 is 0.617 bits per heavy atom. The Kier molecular flexibility index (Phi) is 14.4. The molecule has 3 heterocycles. The molecule has 1 unspecified atom stereocenters. The fourth-order valence-corrected chi connectivity index (χ4v) is 7.65. The van der Waals surface area contributed by atoms with E-state index in [4.69, 9.17) is 47.4 Å². The molecule has 0 spiro atoms. The summed E-state index contributed by atoms with van der Waals surface area (Å²) in [5, 5.41) is 11.9. The van der Waals surface area contributed by atoms with Crippen LogP contribution in [-0.2, 0) is 67.2 Å². The second-order valence-corrected chi connectivity index (χ2v) is 14.8. The van der Waals surface area contributed by atoms with Crippen molar-refractivity contribution in [3.05, 3.63) is 179 Å². The van der Waals surface area contributed by atoms with Crippen molar-refractivity contribution in [1.82, 2.24) is 0 Å². The van der Waals surface area contributed by atoms with Crippen LogP contribution in [0, 0.1) is 0 Å². The van der Waals surface area contributed by atoms with Gasteiger partial charge in [-0.1, -0.05) is 140 Å². The topological polar surface area (TPSA) is 130 Å². The Balaban J connectivity index is 1.16. The molecule has 11 atom stereocenters. The highest BCUT2D eigenvalue weighted by molar-refractivity contribution is 5.89. The number of fused-ring (bicyclic) bond motifs is 1. The van der Waals surface area contributed by atoms with E-state index in [1.165, 1.54) is 7.11 Å². The third kappa shape index (κ3) is 10.4. The molecule has 3 aliphatic heterocycles. The number of aliphatic hydroxyl groups is 1. The van der Waals surface area contributed by atoms with E-state index in [9.17, 15) is 9.90 Å². The molecule has 0 radical (unpaired) electrons. The molecule has 0 bridgehead atoms. The highest BCUT2D eigenvalue weighted by Gasteiger charge is 2.56. The van der Waals surface area contributed by atoms with Crippen LogP contribution >= 0.6 is 0 Å². The van der Waals surface area contributed by atoms with Crippen molar-refractivity contribution in [2.45, 2.75) is 87.5 Å². The van der Waals surface area contributed by atoms with Gasteiger partial charge >= 0.3 is 5.97 Å². The van der Waals surface area contributed by atoms with Crippen molar-refractivity contribution in [3.63, 3.8) is 0 Å². The van der Waals surface area contributed by atoms with Gasteiger partial charge in [0.1, 0.15) is 42.7 Å². The predicted octanol–water partition coefficient (Wildman–Crippen LogP) is 6.56. The molecule has 0 saturated carbocycles. The van der Waals surface area contributed by atoms with Gasteiger partial charge < -0.3 is 52.5 Å². The SMILES string of the molecule is CO[C@@H]1O[C@@H]2COC(c3ccccc3)O[C@H]2[C@H](O[C@@H]2O[C@H](COCc3ccccc3)[C@@H](OCc3ccccc3)[C@H](OCc3ccccc3)[C@H]2OC(=O)c2ccccc2)[C@H]1O. The standard InChI is InChI=1S/C48H50O12/c1-51-47-39(49)42(41-38(56-47)31-55-46(59-41)36-25-15-6-16-26-36)60-48-44(58-45(50)35-23-13-5-14-24-35)43(54-29-34-21-11-4-12-22-34)40(53-28-33-19-9-3-10-20-33)37(57-48)30-52-27-32-17-7-2-8-18-32/h2-26,37-44,46-49H,27-31H2,1H3/t37-,38-,39-,40-,41-,42-,43+,44-,46?,47-,48+/m1/s1. The number of ether oxygens (including phenoxy) is 10. The van der Waals surface area contributed by atoms with Gasteiger partial charge in [-0.25, -0.2) is 4.79 Å². The molecular formula is C48H50O12. The monoisotopic (exact) mass is 818 g/mol. The minimum atomic E-state index is -1.36. The van der Waals surface area contributed by atoms with E-state index in [1.54, 1.807) is 24.3 Å². The van der Waals surface area contributed by atoms with Gasteiger partial charge in [-0.2, -0.15) is 0 Å². The van der Waals surface area contributed by atoms with Crippen LogP contribution in [0.5, 0.6) is 0 Å². The lowest BCUT2D eigenvalue weighted by atomic mass is 9.95. The van der Waals surface area contributed by atoms with Gasteiger partial charge in [0, 0.05) is 12.7 Å². The molecule has 0 amide bonds. The first-order chi connectivity index (χ1) is 29.5. The van der Waals surface area contributed by atoms with Gasteiger partial charge in [-0.05, 0) is 28.8 Å². The second kappa shape index (κ2) is 20.6. The quantitative estimate of drug-likeness (QED) is 0.108. The number of hydrogen-bond acceptors (Lipinski definition) is 12. The zero-order valence-corrected chi connectivity index (χ0v) is 33.3. The van der Waals surface area contributed by atoms with Gasteiger partial charge in [-0.3, -0.25) is 0 Å². The maximum Gasteiger partial charge on any atom is 0.338 e. The van der Waals surface area contributed by atoms with Gasteiger partial charge in [0.15, 0.2) is 25.0 Å². The number of carbonyl (C=O) groups is 1. The number of benzene rings is 5. The molecule has 0 aromatic heterocycles. The van der Waals surface area contributed by atoms with Crippen LogP contribution in [0.1, 0.15) is 38.9 Å². The van der Waals surface area contributed by atoms with Crippen LogP contribution in [0.25, 0.3) is 0 Å². The van der Waals surface area contributed by atoms with E-state index >= 15 is 0 Å². The molecule has 12 nitrogen and oxygen atoms in total. The molecule has 314 valence electrons. The molecule has 5 aromatic carbocycles. The average molecular weight is 819 g/mol. The van der Waals surface area contributed by atoms with Gasteiger partial charge in [0.25, 0.3) is 0 Å². The first-order valence-electron chi connectivity index (χ1n) is 20.2. The van der Waals surface area contributed by atoms with Crippen LogP contribution in [-0.4, -0.2) is 92.8 Å². The van der Waals surface area contributed by atoms with E-state index < -0.39 is 73.7 Å². The Morgan fingerprint density at radius 2 is 1.17 bits per heavy atom. The van der Waals surface area contributed by atoms with Crippen molar-refractivity contribution < 1.29 is 57.3 Å². The highest BCUT2D eigenvalue weighted by atomic mass is 16.8. The average Bonchev–Trinajstić information content (AvgIpc) is 3.30. The molecule has 12 heteroatoms. The number of methoxy groups -OCH3 is 1. The summed E-state index contributed by atoms with van der Waals surface area (Å²) in [6.45, 7) is 0.833. The Bertz CT molecular complexity index is 2030. The minimum Gasteiger partial charge on any atom is -0.450 e. The van der Waals surface area contributed by atoms with E-state index in [-0.39, 0.29) is 26.4 Å². The van der Waals surface area contributed by atoms with Crippen LogP contribution < -0.4 is 0 Å². The number of rotatable bonds is 16. The zero-order chi connectivity index (χ0) is 41.1. The number of carbonyl (C=O) groups excluding carboxylic acids is 1. The van der Waals surface area contributed by atoms with Crippen LogP contribution in [0.15, 0.2) is 152 Å². The van der Waals surface area contributed by atoms with Crippen molar-refractivity contribution in [3.8, 4) is 0 Å². The lowest BCUT2D eigenvalue weighted by molar-refractivity contribution is -0.393. The number of aliphatic hydroxyl groups excluding tert-OH is 1. The van der Waals surface area contributed by atoms with Crippen molar-refractivity contribution in [2.75, 3.05) is 20.3 Å². The summed E-state index contributed by atoms with van der Waals surface area (Å²) in [7, 11) is 1.44. The summed E-state index contributed by atoms with van der Waals surface area (Å²) >= 11 is 0. The Labute approximate surface area is 349 Å². The smallest absolute Gasteiger partial charge is 0.338 e. The summed E-state index contributed by atoms with van der Waals surface area (Å²) in [6, 6.07) is 47.4. The van der Waals surface area contributed by atoms with Crippen molar-refractivity contribution in [2.24, 2.45) is 0 Å². The molecule has 3 fully saturated rings. The zero-order valence-electron chi connectivity index (χ0n) is 33.3. The lowest BCUT2D eigenvalue weighted by Gasteiger charge is -2.50. The normalized spacial score (nSPS) is 29.0. The summed E-state index contributed by atoms with van der Waals surface area (Å²) in [6.07, 6.45) is -11.1. The van der Waals surface area contributed by atoms with E-state index in [0.29, 0.717) is 12.2 Å². The molecule has 1 N–H and O–H groups in total. The third-order valence-electron chi connectivity index (χ3n) is 10.7. The van der Waals surface area contributed by atoms with Gasteiger partial charge in [-0.15, -0.1) is 0 Å². The highest BCUT2D eigenvalue weighted by Crippen LogP contribution is 2.39.